The molecule has 1 aliphatic rings. The van der Waals surface area contributed by atoms with Crippen LogP contribution in [-0.4, -0.2) is 23.5 Å². The number of ether oxygens (including phenoxy) is 1. The van der Waals surface area contributed by atoms with Crippen LogP contribution in [0.4, 0.5) is 0 Å². The smallest absolute Gasteiger partial charge is 0.312 e. The van der Waals surface area contributed by atoms with Crippen molar-refractivity contribution in [2.45, 2.75) is 33.1 Å². The molecule has 1 aromatic carbocycles. The molecule has 128 valence electrons. The van der Waals surface area contributed by atoms with Gasteiger partial charge in [-0.2, -0.15) is 0 Å². The molecule has 1 amide bonds. The summed E-state index contributed by atoms with van der Waals surface area (Å²) in [5.41, 5.74) is 7.93. The zero-order valence-electron chi connectivity index (χ0n) is 13.5. The maximum absolute atomic E-state index is 12.3. The van der Waals surface area contributed by atoms with Crippen molar-refractivity contribution in [1.82, 2.24) is 4.98 Å². The molecule has 0 bridgehead atoms. The van der Waals surface area contributed by atoms with E-state index in [0.29, 0.717) is 42.0 Å². The van der Waals surface area contributed by atoms with E-state index in [1.165, 1.54) is 0 Å². The highest BCUT2D eigenvalue weighted by Crippen LogP contribution is 2.43. The summed E-state index contributed by atoms with van der Waals surface area (Å²) < 4.78 is 5.96. The second-order valence-electron chi connectivity index (χ2n) is 6.37. The third kappa shape index (κ3) is 2.62. The van der Waals surface area contributed by atoms with Crippen molar-refractivity contribution in [2.24, 2.45) is 11.1 Å². The molecular formula is C17H18BrClN2O3. The maximum Gasteiger partial charge on any atom is 0.312 e. The molecular weight excluding hydrogens is 396 g/mol. The van der Waals surface area contributed by atoms with Gasteiger partial charge in [0.25, 0.3) is 5.91 Å². The summed E-state index contributed by atoms with van der Waals surface area (Å²) >= 11 is 9.75. The topological polar surface area (TPSA) is 85.2 Å². The molecule has 0 saturated heterocycles. The van der Waals surface area contributed by atoms with Crippen LogP contribution in [0.5, 0.6) is 0 Å². The molecule has 1 heterocycles. The van der Waals surface area contributed by atoms with Crippen LogP contribution in [0.15, 0.2) is 10.5 Å². The van der Waals surface area contributed by atoms with Crippen LogP contribution in [-0.2, 0) is 22.4 Å². The van der Waals surface area contributed by atoms with Gasteiger partial charge in [-0.1, -0.05) is 11.6 Å². The molecule has 1 atom stereocenters. The van der Waals surface area contributed by atoms with Crippen molar-refractivity contribution in [2.75, 3.05) is 6.61 Å². The van der Waals surface area contributed by atoms with Gasteiger partial charge in [0, 0.05) is 22.0 Å². The van der Waals surface area contributed by atoms with Crippen LogP contribution in [0.1, 0.15) is 41.9 Å². The lowest BCUT2D eigenvalue weighted by Crippen LogP contribution is -2.35. The Morgan fingerprint density at radius 1 is 1.50 bits per heavy atom. The highest BCUT2D eigenvalue weighted by atomic mass is 79.9. The van der Waals surface area contributed by atoms with Gasteiger partial charge in [0.05, 0.1) is 28.1 Å². The molecule has 0 saturated carbocycles. The number of amides is 1. The summed E-state index contributed by atoms with van der Waals surface area (Å²) in [5, 5.41) is 1.31. The molecule has 0 radical (unpaired) electrons. The fourth-order valence-electron chi connectivity index (χ4n) is 3.40. The number of primary amides is 1. The zero-order chi connectivity index (χ0) is 17.6. The minimum Gasteiger partial charge on any atom is -0.466 e. The number of aromatic nitrogens is 1. The minimum absolute atomic E-state index is 0.193. The molecule has 3 N–H and O–H groups in total. The number of nitrogens with two attached hydrogens (primary N) is 1. The number of hydrogen-bond acceptors (Lipinski definition) is 3. The number of esters is 1. The fourth-order valence-corrected chi connectivity index (χ4v) is 4.15. The van der Waals surface area contributed by atoms with Crippen molar-refractivity contribution in [3.63, 3.8) is 0 Å². The van der Waals surface area contributed by atoms with Gasteiger partial charge in [-0.25, -0.2) is 0 Å². The maximum atomic E-state index is 12.3. The summed E-state index contributed by atoms with van der Waals surface area (Å²) in [6.45, 7) is 4.08. The van der Waals surface area contributed by atoms with Crippen molar-refractivity contribution in [3.05, 3.63) is 32.4 Å². The number of aryl methyl sites for hydroxylation is 1. The minimum atomic E-state index is -0.576. The Hall–Kier alpha value is -1.53. The normalized spacial score (nSPS) is 20.0. The van der Waals surface area contributed by atoms with Crippen molar-refractivity contribution >= 4 is 50.3 Å². The lowest BCUT2D eigenvalue weighted by molar-refractivity contribution is -0.155. The highest BCUT2D eigenvalue weighted by Gasteiger charge is 2.40. The first kappa shape index (κ1) is 17.3. The second kappa shape index (κ2) is 6.08. The molecule has 1 aliphatic carbocycles. The summed E-state index contributed by atoms with van der Waals surface area (Å²) in [6, 6.07) is 1.56. The average Bonchev–Trinajstić information content (AvgIpc) is 2.89. The average molecular weight is 414 g/mol. The number of H-pyrrole nitrogens is 1. The largest absolute Gasteiger partial charge is 0.466 e. The fraction of sp³-hybridized carbons (Fsp3) is 0.412. The number of benzene rings is 1. The number of carbonyl (C=O) groups is 2. The van der Waals surface area contributed by atoms with Crippen LogP contribution in [0.2, 0.25) is 5.02 Å². The van der Waals surface area contributed by atoms with Crippen molar-refractivity contribution in [3.8, 4) is 0 Å². The van der Waals surface area contributed by atoms with Gasteiger partial charge >= 0.3 is 5.97 Å². The van der Waals surface area contributed by atoms with Crippen LogP contribution >= 0.6 is 27.5 Å². The molecule has 1 unspecified atom stereocenters. The van der Waals surface area contributed by atoms with Crippen molar-refractivity contribution < 1.29 is 14.3 Å². The van der Waals surface area contributed by atoms with Gasteiger partial charge in [-0.15, -0.1) is 0 Å². The van der Waals surface area contributed by atoms with Crippen LogP contribution in [0.25, 0.3) is 10.9 Å². The Balaban J connectivity index is 2.16. The van der Waals surface area contributed by atoms with E-state index in [9.17, 15) is 9.59 Å². The Bertz CT molecular complexity index is 861. The van der Waals surface area contributed by atoms with E-state index in [0.717, 1.165) is 21.1 Å². The van der Waals surface area contributed by atoms with Crippen LogP contribution < -0.4 is 5.73 Å². The molecule has 3 rings (SSSR count). The van der Waals surface area contributed by atoms with Gasteiger partial charge in [-0.05, 0) is 54.2 Å². The van der Waals surface area contributed by atoms with Gasteiger partial charge in [0.2, 0.25) is 0 Å². The predicted octanol–water partition coefficient (Wildman–Crippen LogP) is 3.74. The van der Waals surface area contributed by atoms with Gasteiger partial charge in [-0.3, -0.25) is 9.59 Å². The summed E-state index contributed by atoms with van der Waals surface area (Å²) in [7, 11) is 0. The zero-order valence-corrected chi connectivity index (χ0v) is 15.8. The number of halogens is 2. The number of aromatic amines is 1. The van der Waals surface area contributed by atoms with Gasteiger partial charge in [0.1, 0.15) is 0 Å². The van der Waals surface area contributed by atoms with E-state index in [2.05, 4.69) is 20.9 Å². The number of hydrogen-bond donors (Lipinski definition) is 2. The lowest BCUT2D eigenvalue weighted by Gasteiger charge is -2.31. The second-order valence-corrected chi connectivity index (χ2v) is 7.57. The first-order valence-corrected chi connectivity index (χ1v) is 8.94. The summed E-state index contributed by atoms with van der Waals surface area (Å²) in [4.78, 5) is 27.4. The molecule has 2 aromatic rings. The van der Waals surface area contributed by atoms with Gasteiger partial charge < -0.3 is 15.5 Å². The van der Waals surface area contributed by atoms with E-state index in [4.69, 9.17) is 22.1 Å². The van der Waals surface area contributed by atoms with Crippen LogP contribution in [0.3, 0.4) is 0 Å². The van der Waals surface area contributed by atoms with Crippen molar-refractivity contribution in [1.29, 1.82) is 0 Å². The van der Waals surface area contributed by atoms with E-state index >= 15 is 0 Å². The molecule has 1 aromatic heterocycles. The quantitative estimate of drug-likeness (QED) is 0.752. The van der Waals surface area contributed by atoms with E-state index in [-0.39, 0.29) is 5.97 Å². The number of rotatable bonds is 3. The molecule has 5 nitrogen and oxygen atoms in total. The Kier molecular flexibility index (Phi) is 4.38. The molecule has 0 spiro atoms. The van der Waals surface area contributed by atoms with Gasteiger partial charge in [0.15, 0.2) is 0 Å². The molecule has 0 aliphatic heterocycles. The molecule has 7 heteroatoms. The molecule has 24 heavy (non-hydrogen) atoms. The number of fused-ring (bicyclic) bond motifs is 3. The predicted molar refractivity (Wildman–Crippen MR) is 96.3 cm³/mol. The Labute approximate surface area is 153 Å². The van der Waals surface area contributed by atoms with E-state index in [1.54, 1.807) is 13.0 Å². The van der Waals surface area contributed by atoms with E-state index < -0.39 is 11.3 Å². The first-order chi connectivity index (χ1) is 11.3. The lowest BCUT2D eigenvalue weighted by atomic mass is 9.75. The SMILES string of the molecule is CCOC(=O)C1(C)CCc2c([nH]c3c(C(N)=O)cc(Cl)c(Br)c23)C1. The van der Waals surface area contributed by atoms with E-state index in [1.807, 2.05) is 6.92 Å². The number of nitrogens with one attached hydrogen (secondary N) is 1. The van der Waals surface area contributed by atoms with Crippen LogP contribution in [0, 0.1) is 5.41 Å². The summed E-state index contributed by atoms with van der Waals surface area (Å²) in [5.74, 6) is -0.734. The highest BCUT2D eigenvalue weighted by molar-refractivity contribution is 9.10. The Morgan fingerprint density at radius 3 is 2.83 bits per heavy atom. The number of carbonyl (C=O) groups excluding carboxylic acids is 2. The monoisotopic (exact) mass is 412 g/mol. The standard InChI is InChI=1S/C17H18BrClN2O3/c1-3-24-16(23)17(2)5-4-8-11(7-17)21-14-9(15(20)22)6-10(19)13(18)12(8)14/h6,21H,3-5,7H2,1-2H3,(H2,20,22). The summed E-state index contributed by atoms with van der Waals surface area (Å²) in [6.07, 6.45) is 1.90. The molecule has 0 fully saturated rings. The third-order valence-corrected chi connectivity index (χ3v) is 6.04. The first-order valence-electron chi connectivity index (χ1n) is 7.77. The Morgan fingerprint density at radius 2 is 2.21 bits per heavy atom. The third-order valence-electron chi connectivity index (χ3n) is 4.69.